The molecule has 12 aliphatic rings. The Balaban J connectivity index is 0.000000110. The highest BCUT2D eigenvalue weighted by atomic mass is 19.4. The van der Waals surface area contributed by atoms with E-state index in [0.29, 0.717) is 101 Å². The van der Waals surface area contributed by atoms with E-state index in [0.717, 1.165) is 254 Å². The van der Waals surface area contributed by atoms with E-state index in [2.05, 4.69) is 95.1 Å². The lowest BCUT2D eigenvalue weighted by molar-refractivity contribution is -0.141. The molecule has 0 radical (unpaired) electrons. The summed E-state index contributed by atoms with van der Waals surface area (Å²) >= 11 is 0. The minimum absolute atomic E-state index is 0.0342. The van der Waals surface area contributed by atoms with E-state index in [1.165, 1.54) is 40.6 Å². The average molecular weight is 1880 g/mol. The molecule has 3 atom stereocenters. The number of ether oxygens (including phenoxy) is 4. The molecule has 716 valence electrons. The monoisotopic (exact) mass is 1880 g/mol. The largest absolute Gasteiger partial charge is 0.435 e. The number of carbonyl (C=O) groups excluding carboxylic acids is 4. The molecular formula is C100H110F4N26O8. The third-order valence-corrected chi connectivity index (χ3v) is 29.2. The van der Waals surface area contributed by atoms with Gasteiger partial charge in [-0.25, -0.2) is 4.39 Å². The minimum atomic E-state index is -4.53. The summed E-state index contributed by atoms with van der Waals surface area (Å²) in [5.74, 6) is 3.56. The first-order valence-electron chi connectivity index (χ1n) is 47.8. The van der Waals surface area contributed by atoms with E-state index in [1.807, 2.05) is 89.8 Å². The van der Waals surface area contributed by atoms with Gasteiger partial charge in [-0.2, -0.15) is 64.5 Å². The molecule has 0 saturated carbocycles. The van der Waals surface area contributed by atoms with Crippen molar-refractivity contribution in [3.05, 3.63) is 188 Å². The van der Waals surface area contributed by atoms with Gasteiger partial charge in [0.15, 0.2) is 34.7 Å². The molecule has 38 heteroatoms. The van der Waals surface area contributed by atoms with Gasteiger partial charge in [-0.05, 0) is 145 Å². The molecule has 4 amide bonds. The van der Waals surface area contributed by atoms with Crippen molar-refractivity contribution >= 4 is 69.6 Å². The number of fused-ring (bicyclic) bond motifs is 8. The number of carbonyl (C=O) groups is 4. The Morgan fingerprint density at radius 2 is 0.804 bits per heavy atom. The number of rotatable bonds is 12. The fourth-order valence-electron chi connectivity index (χ4n) is 22.0. The van der Waals surface area contributed by atoms with Gasteiger partial charge in [-0.3, -0.25) is 56.6 Å². The van der Waals surface area contributed by atoms with E-state index in [-0.39, 0.29) is 59.2 Å². The van der Waals surface area contributed by atoms with Crippen LogP contribution in [0.25, 0.3) is 44.5 Å². The van der Waals surface area contributed by atoms with Gasteiger partial charge in [0, 0.05) is 274 Å². The van der Waals surface area contributed by atoms with Crippen LogP contribution >= 0.6 is 0 Å². The Morgan fingerprint density at radius 1 is 0.384 bits per heavy atom. The second kappa shape index (κ2) is 36.9. The van der Waals surface area contributed by atoms with Crippen molar-refractivity contribution in [3.8, 4) is 56.6 Å². The first kappa shape index (κ1) is 90.6. The zero-order chi connectivity index (χ0) is 95.4. The fourth-order valence-corrected chi connectivity index (χ4v) is 22.0. The van der Waals surface area contributed by atoms with Gasteiger partial charge in [0.1, 0.15) is 11.9 Å². The number of nitriles is 2. The number of hydrogen-bond acceptors (Lipinski definition) is 22. The summed E-state index contributed by atoms with van der Waals surface area (Å²) < 4.78 is 93.4. The number of aromatic nitrogens is 16. The van der Waals surface area contributed by atoms with Gasteiger partial charge < -0.3 is 58.1 Å². The van der Waals surface area contributed by atoms with Crippen LogP contribution in [0.1, 0.15) is 168 Å². The van der Waals surface area contributed by atoms with Crippen LogP contribution in [0, 0.1) is 28.5 Å². The Hall–Kier alpha value is -13.8. The molecule has 4 saturated heterocycles. The van der Waals surface area contributed by atoms with Crippen molar-refractivity contribution in [1.29, 1.82) is 10.5 Å². The number of benzene rings is 4. The van der Waals surface area contributed by atoms with Crippen LogP contribution in [0.15, 0.2) is 97.8 Å². The quantitative estimate of drug-likeness (QED) is 0.103. The first-order chi connectivity index (χ1) is 66.8. The lowest BCUT2D eigenvalue weighted by Crippen LogP contribution is -2.37. The maximum atomic E-state index is 15.4. The van der Waals surface area contributed by atoms with Gasteiger partial charge in [0.25, 0.3) is 0 Å². The van der Waals surface area contributed by atoms with Crippen LogP contribution in [0.2, 0.25) is 0 Å². The molecule has 12 aromatic rings. The smallest absolute Gasteiger partial charge is 0.379 e. The van der Waals surface area contributed by atoms with Crippen molar-refractivity contribution in [2.24, 2.45) is 28.2 Å². The maximum absolute atomic E-state index is 15.4. The Labute approximate surface area is 794 Å². The molecule has 0 spiro atoms. The summed E-state index contributed by atoms with van der Waals surface area (Å²) in [4.78, 5) is 65.1. The van der Waals surface area contributed by atoms with Crippen molar-refractivity contribution in [2.45, 2.75) is 168 Å². The zero-order valence-corrected chi connectivity index (χ0v) is 78.8. The Morgan fingerprint density at radius 3 is 1.24 bits per heavy atom. The molecule has 12 aliphatic heterocycles. The van der Waals surface area contributed by atoms with Crippen LogP contribution < -0.4 is 19.6 Å². The fraction of sp³-hybridized carbons (Fsp3) is 0.460. The molecular weight excluding hydrogens is 1770 g/mol. The predicted octanol–water partition coefficient (Wildman–Crippen LogP) is 12.7. The molecule has 4 fully saturated rings. The number of anilines is 8. The highest BCUT2D eigenvalue weighted by Crippen LogP contribution is 2.49. The molecule has 0 bridgehead atoms. The van der Waals surface area contributed by atoms with Crippen LogP contribution in [0.3, 0.4) is 0 Å². The second-order valence-corrected chi connectivity index (χ2v) is 37.9. The second-order valence-electron chi connectivity index (χ2n) is 37.9. The highest BCUT2D eigenvalue weighted by molar-refractivity contribution is 5.84. The number of hydrogen-bond donors (Lipinski definition) is 0. The number of alkyl halides is 3. The van der Waals surface area contributed by atoms with Gasteiger partial charge >= 0.3 is 6.18 Å². The van der Waals surface area contributed by atoms with Crippen LogP contribution in [-0.4, -0.2) is 227 Å². The van der Waals surface area contributed by atoms with E-state index < -0.39 is 11.9 Å². The number of amides is 4. The molecule has 2 unspecified atom stereocenters. The highest BCUT2D eigenvalue weighted by Gasteiger charge is 2.43. The summed E-state index contributed by atoms with van der Waals surface area (Å²) in [5, 5.41) is 56.2. The van der Waals surface area contributed by atoms with Crippen molar-refractivity contribution in [1.82, 2.24) is 97.8 Å². The molecule has 4 aromatic carbocycles. The van der Waals surface area contributed by atoms with Gasteiger partial charge in [0.2, 0.25) is 23.6 Å². The van der Waals surface area contributed by atoms with Gasteiger partial charge in [-0.1, -0.05) is 12.1 Å². The van der Waals surface area contributed by atoms with Crippen LogP contribution in [-0.2, 0) is 150 Å². The normalized spacial score (nSPS) is 19.1. The van der Waals surface area contributed by atoms with E-state index in [1.54, 1.807) is 60.1 Å². The molecule has 0 aliphatic carbocycles. The maximum Gasteiger partial charge on any atom is 0.435 e. The molecule has 138 heavy (non-hydrogen) atoms. The lowest BCUT2D eigenvalue weighted by Gasteiger charge is -2.33. The topological polar surface area (TPSA) is 321 Å². The number of aryl methyl sites for hydroxylation is 6. The molecule has 24 rings (SSSR count). The zero-order valence-electron chi connectivity index (χ0n) is 78.8. The Kier molecular flexibility index (Phi) is 24.2. The lowest BCUT2D eigenvalue weighted by atomic mass is 9.95. The van der Waals surface area contributed by atoms with E-state index in [4.69, 9.17) is 39.3 Å². The summed E-state index contributed by atoms with van der Waals surface area (Å²) in [6.45, 7) is 20.1. The summed E-state index contributed by atoms with van der Waals surface area (Å²) in [6.07, 6.45) is 17.2. The standard InChI is InChI=1S/C25H27F3N6O2.C25H29FN6O2.2C25H27N7O2/c1-15(35)32-9-7-22-20(12-32)24(30-34(22)18-13-36-14-18)33-8-3-4-17-10-16(5-6-21(17)33)19-11-31(2)29-23(19)25(26,27)28;1-16(33)30-8-5-23-21(14-30)25(28-32(23)19-6-9-34-15-19)31-7-3-4-17-10-20(22(26)11-24(17)31)18-12-27-29(2)13-18;1-16(33)30-6-4-23-22(14-30)25(28-32(23)20-5-8-34-15-20)31-7-3-21-18(11-26)9-17(10-24(21)31)19-12-27-29(2)13-19;1-16(33)30-8-6-24-21(14-30)25(28-32(24)19-7-10-34-15-19)31-9-5-18-11-17(3-4-23(18)31)20-13-29(2)27-22(20)12-26/h5-6,10-11,18H,3-4,7-9,12-14H2,1-2H3;10-13,19H,3-9,14-15H2,1-2H3;9-10,12-13,20H,3-8,14-15H2,1-2H3;3-4,11,13,19H,5-10,14-15H2,1-2H3/t;;;19-/m...0/s1. The summed E-state index contributed by atoms with van der Waals surface area (Å²) in [5.41, 5.74) is 23.5. The molecule has 8 aromatic heterocycles. The first-order valence-corrected chi connectivity index (χ1v) is 47.8. The predicted molar refractivity (Wildman–Crippen MR) is 502 cm³/mol. The van der Waals surface area contributed by atoms with Crippen molar-refractivity contribution in [3.63, 3.8) is 0 Å². The molecule has 20 heterocycles. The third-order valence-electron chi connectivity index (χ3n) is 29.2. The van der Waals surface area contributed by atoms with Crippen LogP contribution in [0.5, 0.6) is 0 Å². The average Bonchev–Trinajstić information content (AvgIpc) is 1.58. The third kappa shape index (κ3) is 17.0. The van der Waals surface area contributed by atoms with E-state index in [9.17, 15) is 42.9 Å². The Bertz CT molecular complexity index is 6870. The summed E-state index contributed by atoms with van der Waals surface area (Å²) in [6, 6.07) is 25.0. The summed E-state index contributed by atoms with van der Waals surface area (Å²) in [7, 11) is 7.05. The van der Waals surface area contributed by atoms with E-state index >= 15 is 4.39 Å². The molecule has 34 nitrogen and oxygen atoms in total. The SMILES string of the molecule is CC(=O)N1CCc2c(c(N3CCCc4cc(-c5cn(C)nc5C(F)(F)F)ccc43)nn2C2COC2)C1.CC(=O)N1CCc2c(c(N3CCCc4cc(-c5cnn(C)c5)c(F)cc43)nn2C2CCOC2)C1.CC(=O)N1CCc2c(c(N3CCc4c(C#N)cc(-c5cnn(C)c5)cc43)nn2C2CCOC2)C1.CC(=O)N1CCc2c(c(N3CCc4cc(-c5cn(C)nc5C#N)ccc43)nn2[C@H]2CCOC2)C1. The van der Waals surface area contributed by atoms with Crippen molar-refractivity contribution < 1.29 is 55.7 Å². The minimum Gasteiger partial charge on any atom is -0.379 e. The number of halogens is 4. The van der Waals surface area contributed by atoms with Crippen LogP contribution in [0.4, 0.5) is 63.6 Å². The van der Waals surface area contributed by atoms with Gasteiger partial charge in [0.05, 0.1) is 107 Å². The number of nitrogens with zero attached hydrogens (tertiary/aromatic N) is 26. The van der Waals surface area contributed by atoms with Gasteiger partial charge in [-0.15, -0.1) is 0 Å². The molecule has 0 N–H and O–H groups in total. The van der Waals surface area contributed by atoms with Crippen molar-refractivity contribution in [2.75, 3.05) is 125 Å².